The molecule has 4 unspecified atom stereocenters. The second kappa shape index (κ2) is 5.25. The summed E-state index contributed by atoms with van der Waals surface area (Å²) in [7, 11) is 0. The van der Waals surface area contributed by atoms with Gasteiger partial charge in [-0.3, -0.25) is 4.79 Å². The Morgan fingerprint density at radius 1 is 1.26 bits per heavy atom. The molecule has 0 aromatic heterocycles. The second-order valence-corrected chi connectivity index (χ2v) is 7.46. The van der Waals surface area contributed by atoms with Crippen LogP contribution in [0, 0.1) is 23.2 Å². The minimum Gasteiger partial charge on any atom is -0.342 e. The first-order chi connectivity index (χ1) is 8.48. The van der Waals surface area contributed by atoms with E-state index < -0.39 is 0 Å². The molecular weight excluding hydrogens is 260 g/mol. The predicted molar refractivity (Wildman–Crippen MR) is 79.1 cm³/mol. The molecule has 2 N–H and O–H groups in total. The van der Waals surface area contributed by atoms with Crippen molar-refractivity contribution in [3.05, 3.63) is 0 Å². The number of likely N-dealkylation sites (tertiary alicyclic amines) is 1. The number of carbonyl (C=O) groups excluding carboxylic acids is 1. The molecule has 1 saturated heterocycles. The van der Waals surface area contributed by atoms with E-state index in [0.29, 0.717) is 17.7 Å². The lowest BCUT2D eigenvalue weighted by atomic mass is 9.81. The summed E-state index contributed by atoms with van der Waals surface area (Å²) in [6.45, 7) is 6.41. The lowest BCUT2D eigenvalue weighted by Crippen LogP contribution is -2.51. The molecule has 3 fully saturated rings. The highest BCUT2D eigenvalue weighted by atomic mass is 35.5. The molecule has 3 aliphatic rings. The van der Waals surface area contributed by atoms with Crippen LogP contribution in [-0.2, 0) is 4.79 Å². The zero-order chi connectivity index (χ0) is 12.9. The number of nitrogens with zero attached hydrogens (tertiary/aromatic N) is 1. The van der Waals surface area contributed by atoms with Gasteiger partial charge in [-0.1, -0.05) is 13.8 Å². The van der Waals surface area contributed by atoms with Crippen molar-refractivity contribution in [1.82, 2.24) is 4.90 Å². The summed E-state index contributed by atoms with van der Waals surface area (Å²) in [5, 5.41) is 0. The summed E-state index contributed by atoms with van der Waals surface area (Å²) in [4.78, 5) is 14.8. The Hall–Kier alpha value is -0.280. The van der Waals surface area contributed by atoms with E-state index in [-0.39, 0.29) is 29.8 Å². The highest BCUT2D eigenvalue weighted by Crippen LogP contribution is 2.48. The van der Waals surface area contributed by atoms with Crippen LogP contribution < -0.4 is 5.73 Å². The first kappa shape index (κ1) is 15.1. The minimum atomic E-state index is 0. The fourth-order valence-corrected chi connectivity index (χ4v) is 4.52. The third kappa shape index (κ3) is 2.64. The summed E-state index contributed by atoms with van der Waals surface area (Å²) >= 11 is 0. The monoisotopic (exact) mass is 286 g/mol. The van der Waals surface area contributed by atoms with Crippen LogP contribution in [0.5, 0.6) is 0 Å². The zero-order valence-electron chi connectivity index (χ0n) is 12.1. The molecule has 1 heterocycles. The molecular formula is C15H27ClN2O. The number of carbonyl (C=O) groups is 1. The van der Waals surface area contributed by atoms with Gasteiger partial charge in [0.1, 0.15) is 0 Å². The molecule has 0 aromatic rings. The molecule has 0 radical (unpaired) electrons. The number of hydrogen-bond acceptors (Lipinski definition) is 2. The average molecular weight is 287 g/mol. The van der Waals surface area contributed by atoms with Crippen LogP contribution in [0.3, 0.4) is 0 Å². The second-order valence-electron chi connectivity index (χ2n) is 7.46. The van der Waals surface area contributed by atoms with Crippen molar-refractivity contribution < 1.29 is 4.79 Å². The molecule has 1 amide bonds. The Kier molecular flexibility index (Phi) is 4.18. The normalized spacial score (nSPS) is 40.1. The van der Waals surface area contributed by atoms with Gasteiger partial charge in [-0.05, 0) is 49.4 Å². The van der Waals surface area contributed by atoms with Crippen molar-refractivity contribution in [2.75, 3.05) is 13.1 Å². The molecule has 0 spiro atoms. The van der Waals surface area contributed by atoms with Crippen LogP contribution in [0.4, 0.5) is 0 Å². The van der Waals surface area contributed by atoms with Gasteiger partial charge in [0.15, 0.2) is 0 Å². The van der Waals surface area contributed by atoms with Crippen LogP contribution in [0.2, 0.25) is 0 Å². The first-order valence-electron chi connectivity index (χ1n) is 7.52. The van der Waals surface area contributed by atoms with Crippen molar-refractivity contribution in [2.45, 2.75) is 52.0 Å². The van der Waals surface area contributed by atoms with Crippen LogP contribution in [-0.4, -0.2) is 29.9 Å². The first-order valence-corrected chi connectivity index (χ1v) is 7.52. The number of rotatable bonds is 1. The van der Waals surface area contributed by atoms with E-state index in [0.717, 1.165) is 19.5 Å². The molecule has 2 aliphatic carbocycles. The van der Waals surface area contributed by atoms with Gasteiger partial charge in [0, 0.05) is 19.1 Å². The molecule has 1 aliphatic heterocycles. The van der Waals surface area contributed by atoms with Gasteiger partial charge in [0.25, 0.3) is 0 Å². The Bertz CT molecular complexity index is 356. The van der Waals surface area contributed by atoms with Crippen molar-refractivity contribution >= 4 is 18.3 Å². The van der Waals surface area contributed by atoms with E-state index in [9.17, 15) is 4.79 Å². The van der Waals surface area contributed by atoms with E-state index in [1.165, 1.54) is 25.7 Å². The summed E-state index contributed by atoms with van der Waals surface area (Å²) in [5.74, 6) is 1.71. The third-order valence-corrected chi connectivity index (χ3v) is 5.48. The number of amides is 1. The average Bonchev–Trinajstić information content (AvgIpc) is 2.87. The Morgan fingerprint density at radius 2 is 1.95 bits per heavy atom. The molecule has 4 heteroatoms. The largest absolute Gasteiger partial charge is 0.342 e. The summed E-state index contributed by atoms with van der Waals surface area (Å²) in [6, 6.07) is 0.140. The van der Waals surface area contributed by atoms with Crippen LogP contribution in [0.25, 0.3) is 0 Å². The molecule has 19 heavy (non-hydrogen) atoms. The van der Waals surface area contributed by atoms with E-state index in [2.05, 4.69) is 18.7 Å². The number of nitrogens with two attached hydrogens (primary N) is 1. The van der Waals surface area contributed by atoms with E-state index >= 15 is 0 Å². The van der Waals surface area contributed by atoms with E-state index in [1.54, 1.807) is 0 Å². The Morgan fingerprint density at radius 3 is 2.53 bits per heavy atom. The van der Waals surface area contributed by atoms with Crippen molar-refractivity contribution in [1.29, 1.82) is 0 Å². The number of hydrogen-bond donors (Lipinski definition) is 1. The maximum atomic E-state index is 12.7. The standard InChI is InChI=1S/C15H26N2O.ClH/c1-15(2)6-3-7-17(9-15)14(18)12-10-4-5-11(8-10)13(12)16;/h10-13H,3-9,16H2,1-2H3;1H. The van der Waals surface area contributed by atoms with Gasteiger partial charge < -0.3 is 10.6 Å². The number of piperidine rings is 1. The lowest BCUT2D eigenvalue weighted by molar-refractivity contribution is -0.140. The summed E-state index contributed by atoms with van der Waals surface area (Å²) in [5.41, 5.74) is 6.58. The maximum Gasteiger partial charge on any atom is 0.227 e. The highest BCUT2D eigenvalue weighted by molar-refractivity contribution is 5.85. The van der Waals surface area contributed by atoms with E-state index in [1.807, 2.05) is 0 Å². The predicted octanol–water partition coefficient (Wildman–Crippen LogP) is 2.43. The fourth-order valence-electron chi connectivity index (χ4n) is 4.52. The molecule has 2 bridgehead atoms. The molecule has 4 atom stereocenters. The van der Waals surface area contributed by atoms with Gasteiger partial charge in [-0.25, -0.2) is 0 Å². The van der Waals surface area contributed by atoms with E-state index in [4.69, 9.17) is 5.73 Å². The third-order valence-electron chi connectivity index (χ3n) is 5.48. The Balaban J connectivity index is 0.00000133. The molecule has 110 valence electrons. The van der Waals surface area contributed by atoms with Gasteiger partial charge in [-0.15, -0.1) is 12.4 Å². The smallest absolute Gasteiger partial charge is 0.227 e. The molecule has 3 nitrogen and oxygen atoms in total. The van der Waals surface area contributed by atoms with Crippen LogP contribution in [0.1, 0.15) is 46.0 Å². The van der Waals surface area contributed by atoms with Gasteiger partial charge in [0.05, 0.1) is 5.92 Å². The van der Waals surface area contributed by atoms with Crippen molar-refractivity contribution in [3.63, 3.8) is 0 Å². The van der Waals surface area contributed by atoms with Crippen molar-refractivity contribution in [3.8, 4) is 0 Å². The van der Waals surface area contributed by atoms with Crippen LogP contribution in [0.15, 0.2) is 0 Å². The minimum absolute atomic E-state index is 0. The van der Waals surface area contributed by atoms with Gasteiger partial charge in [-0.2, -0.15) is 0 Å². The Labute approximate surface area is 122 Å². The molecule has 0 aromatic carbocycles. The highest BCUT2D eigenvalue weighted by Gasteiger charge is 2.50. The molecule has 2 saturated carbocycles. The number of halogens is 1. The van der Waals surface area contributed by atoms with Gasteiger partial charge in [0.2, 0.25) is 5.91 Å². The fraction of sp³-hybridized carbons (Fsp3) is 0.933. The van der Waals surface area contributed by atoms with Gasteiger partial charge >= 0.3 is 0 Å². The SMILES string of the molecule is CC1(C)CCCN(C(=O)C2C3CCC(C3)C2N)C1.Cl. The molecule has 3 rings (SSSR count). The number of fused-ring (bicyclic) bond motifs is 2. The summed E-state index contributed by atoms with van der Waals surface area (Å²) in [6.07, 6.45) is 6.07. The zero-order valence-corrected chi connectivity index (χ0v) is 12.9. The topological polar surface area (TPSA) is 46.3 Å². The lowest BCUT2D eigenvalue weighted by Gasteiger charge is -2.41. The van der Waals surface area contributed by atoms with Crippen LogP contribution >= 0.6 is 12.4 Å². The quantitative estimate of drug-likeness (QED) is 0.805. The maximum absolute atomic E-state index is 12.7. The van der Waals surface area contributed by atoms with Crippen molar-refractivity contribution in [2.24, 2.45) is 28.9 Å². The summed E-state index contributed by atoms with van der Waals surface area (Å²) < 4.78 is 0.